The van der Waals surface area contributed by atoms with Crippen molar-refractivity contribution in [3.8, 4) is 0 Å². The number of carbonyl (C=O) groups is 1. The highest BCUT2D eigenvalue weighted by Crippen LogP contribution is 2.26. The van der Waals surface area contributed by atoms with E-state index in [-0.39, 0.29) is 18.1 Å². The summed E-state index contributed by atoms with van der Waals surface area (Å²) in [4.78, 5) is 22.7. The third kappa shape index (κ3) is 3.15. The molecule has 3 rings (SSSR count). The van der Waals surface area contributed by atoms with Crippen molar-refractivity contribution in [3.63, 3.8) is 0 Å². The van der Waals surface area contributed by atoms with Crippen LogP contribution in [0.15, 0.2) is 6.33 Å². The topological polar surface area (TPSA) is 92.7 Å². The third-order valence-corrected chi connectivity index (χ3v) is 6.09. The summed E-state index contributed by atoms with van der Waals surface area (Å²) >= 11 is 0. The van der Waals surface area contributed by atoms with Crippen molar-refractivity contribution < 1.29 is 17.9 Å². The molecule has 3 heterocycles. The van der Waals surface area contributed by atoms with Crippen molar-refractivity contribution in [3.05, 3.63) is 23.3 Å². The first kappa shape index (κ1) is 17.2. The van der Waals surface area contributed by atoms with Crippen LogP contribution in [0.5, 0.6) is 0 Å². The molecule has 132 valence electrons. The number of nitrogens with zero attached hydrogens (tertiary/aromatic N) is 4. The van der Waals surface area contributed by atoms with Crippen LogP contribution in [0.25, 0.3) is 0 Å². The van der Waals surface area contributed by atoms with Gasteiger partial charge in [-0.15, -0.1) is 0 Å². The summed E-state index contributed by atoms with van der Waals surface area (Å²) in [7, 11) is -3.34. The molecule has 2 saturated heterocycles. The maximum Gasteiger partial charge on any atom is 0.272 e. The molecule has 9 heteroatoms. The zero-order valence-corrected chi connectivity index (χ0v) is 14.9. The van der Waals surface area contributed by atoms with E-state index in [0.717, 1.165) is 11.3 Å². The van der Waals surface area contributed by atoms with Crippen LogP contribution in [0.2, 0.25) is 0 Å². The van der Waals surface area contributed by atoms with Crippen LogP contribution in [-0.4, -0.2) is 78.1 Å². The minimum absolute atomic E-state index is 0.161. The van der Waals surface area contributed by atoms with Crippen molar-refractivity contribution >= 4 is 15.9 Å². The van der Waals surface area contributed by atoms with E-state index < -0.39 is 10.0 Å². The molecule has 2 aliphatic heterocycles. The minimum Gasteiger partial charge on any atom is -0.375 e. The van der Waals surface area contributed by atoms with E-state index in [2.05, 4.69) is 9.97 Å². The van der Waals surface area contributed by atoms with E-state index in [1.54, 1.807) is 4.90 Å². The molecule has 0 aliphatic carbocycles. The fraction of sp³-hybridized carbons (Fsp3) is 0.667. The molecule has 0 spiro atoms. The number of likely N-dealkylation sites (tertiary alicyclic amines) is 1. The molecule has 0 saturated carbocycles. The summed E-state index contributed by atoms with van der Waals surface area (Å²) in [5.74, 6) is -0.185. The number of ether oxygens (including phenoxy) is 1. The Morgan fingerprint density at radius 1 is 1.29 bits per heavy atom. The van der Waals surface area contributed by atoms with Gasteiger partial charge in [-0.05, 0) is 20.3 Å². The number of sulfonamides is 1. The Labute approximate surface area is 141 Å². The Hall–Kier alpha value is -1.58. The zero-order valence-electron chi connectivity index (χ0n) is 14.1. The highest BCUT2D eigenvalue weighted by molar-refractivity contribution is 7.88. The van der Waals surface area contributed by atoms with E-state index >= 15 is 0 Å². The molecule has 2 atom stereocenters. The number of piperidine rings is 1. The van der Waals surface area contributed by atoms with E-state index in [1.807, 2.05) is 13.8 Å². The fourth-order valence-electron chi connectivity index (χ4n) is 3.34. The average Bonchev–Trinajstić information content (AvgIpc) is 2.55. The number of aromatic nitrogens is 2. The van der Waals surface area contributed by atoms with Crippen LogP contribution < -0.4 is 0 Å². The first-order valence-corrected chi connectivity index (χ1v) is 9.79. The monoisotopic (exact) mass is 354 g/mol. The standard InChI is InChI=1S/C15H22N4O4S/c1-10-11(2)16-9-17-14(10)15(20)18-5-4-13-12(8-18)19(6-7-23-13)24(3,21)22/h9,12-13H,4-8H2,1-3H3/t12-,13-/m0/s1. The number of rotatable bonds is 2. The second-order valence-electron chi connectivity index (χ2n) is 6.32. The Morgan fingerprint density at radius 2 is 2.04 bits per heavy atom. The highest BCUT2D eigenvalue weighted by atomic mass is 32.2. The van der Waals surface area contributed by atoms with Crippen molar-refractivity contribution in [1.29, 1.82) is 0 Å². The predicted molar refractivity (Wildman–Crippen MR) is 87.1 cm³/mol. The summed E-state index contributed by atoms with van der Waals surface area (Å²) in [6, 6.07) is -0.338. The Balaban J connectivity index is 1.84. The molecule has 0 N–H and O–H groups in total. The fourth-order valence-corrected chi connectivity index (χ4v) is 4.44. The molecule has 0 aromatic carbocycles. The second kappa shape index (κ2) is 6.38. The van der Waals surface area contributed by atoms with Crippen molar-refractivity contribution in [2.75, 3.05) is 32.5 Å². The average molecular weight is 354 g/mol. The normalized spacial score (nSPS) is 25.4. The zero-order chi connectivity index (χ0) is 17.5. The lowest BCUT2D eigenvalue weighted by Crippen LogP contribution is -2.61. The van der Waals surface area contributed by atoms with Crippen molar-refractivity contribution in [1.82, 2.24) is 19.2 Å². The highest BCUT2D eigenvalue weighted by Gasteiger charge is 2.42. The summed E-state index contributed by atoms with van der Waals surface area (Å²) < 4.78 is 31.2. The maximum absolute atomic E-state index is 12.8. The molecule has 0 bridgehead atoms. The van der Waals surface area contributed by atoms with Gasteiger partial charge < -0.3 is 9.64 Å². The molecule has 1 amide bonds. The summed E-state index contributed by atoms with van der Waals surface area (Å²) in [5, 5.41) is 0. The van der Waals surface area contributed by atoms with Gasteiger partial charge in [0.05, 0.1) is 25.0 Å². The molecule has 0 radical (unpaired) electrons. The smallest absolute Gasteiger partial charge is 0.272 e. The van der Waals surface area contributed by atoms with Crippen molar-refractivity contribution in [2.24, 2.45) is 0 Å². The van der Waals surface area contributed by atoms with E-state index in [9.17, 15) is 13.2 Å². The molecule has 24 heavy (non-hydrogen) atoms. The lowest BCUT2D eigenvalue weighted by Gasteiger charge is -2.45. The SMILES string of the molecule is Cc1ncnc(C(=O)N2CC[C@@H]3OCCN(S(C)(=O)=O)[C@H]3C2)c1C. The van der Waals surface area contributed by atoms with Crippen LogP contribution in [-0.2, 0) is 14.8 Å². The summed E-state index contributed by atoms with van der Waals surface area (Å²) in [6.45, 7) is 5.22. The van der Waals surface area contributed by atoms with Gasteiger partial charge in [-0.1, -0.05) is 0 Å². The predicted octanol–water partition coefficient (Wildman–Crippen LogP) is -0.0317. The third-order valence-electron chi connectivity index (χ3n) is 4.79. The van der Waals surface area contributed by atoms with Gasteiger partial charge >= 0.3 is 0 Å². The number of amides is 1. The van der Waals surface area contributed by atoms with Gasteiger partial charge in [0.25, 0.3) is 5.91 Å². The number of hydrogen-bond donors (Lipinski definition) is 0. The lowest BCUT2D eigenvalue weighted by molar-refractivity contribution is -0.0705. The number of carbonyl (C=O) groups excluding carboxylic acids is 1. The van der Waals surface area contributed by atoms with Gasteiger partial charge in [-0.3, -0.25) is 4.79 Å². The van der Waals surface area contributed by atoms with Gasteiger partial charge in [0.15, 0.2) is 0 Å². The number of morpholine rings is 1. The van der Waals surface area contributed by atoms with Crippen LogP contribution in [0.3, 0.4) is 0 Å². The van der Waals surface area contributed by atoms with Crippen LogP contribution >= 0.6 is 0 Å². The quantitative estimate of drug-likeness (QED) is 0.740. The largest absolute Gasteiger partial charge is 0.375 e. The Morgan fingerprint density at radius 3 is 2.75 bits per heavy atom. The second-order valence-corrected chi connectivity index (χ2v) is 8.26. The molecule has 2 aliphatic rings. The van der Waals surface area contributed by atoms with E-state index in [1.165, 1.54) is 16.9 Å². The molecule has 1 aromatic rings. The van der Waals surface area contributed by atoms with Crippen LogP contribution in [0.4, 0.5) is 0 Å². The number of hydrogen-bond acceptors (Lipinski definition) is 6. The van der Waals surface area contributed by atoms with Crippen LogP contribution in [0, 0.1) is 13.8 Å². The maximum atomic E-state index is 12.8. The van der Waals surface area contributed by atoms with Gasteiger partial charge in [-0.25, -0.2) is 18.4 Å². The van der Waals surface area contributed by atoms with Gasteiger partial charge in [0.1, 0.15) is 12.0 Å². The molecular formula is C15H22N4O4S. The summed E-state index contributed by atoms with van der Waals surface area (Å²) in [5.41, 5.74) is 1.90. The van der Waals surface area contributed by atoms with Crippen LogP contribution in [0.1, 0.15) is 28.2 Å². The van der Waals surface area contributed by atoms with Crippen molar-refractivity contribution in [2.45, 2.75) is 32.4 Å². The molecule has 8 nitrogen and oxygen atoms in total. The molecule has 1 aromatic heterocycles. The van der Waals surface area contributed by atoms with E-state index in [0.29, 0.717) is 38.4 Å². The first-order chi connectivity index (χ1) is 11.3. The first-order valence-electron chi connectivity index (χ1n) is 7.95. The Kier molecular flexibility index (Phi) is 4.58. The summed E-state index contributed by atoms with van der Waals surface area (Å²) in [6.07, 6.45) is 3.04. The lowest BCUT2D eigenvalue weighted by atomic mass is 10.00. The van der Waals surface area contributed by atoms with Gasteiger partial charge in [0.2, 0.25) is 10.0 Å². The van der Waals surface area contributed by atoms with Gasteiger partial charge in [-0.2, -0.15) is 4.31 Å². The minimum atomic E-state index is -3.34. The van der Waals surface area contributed by atoms with Gasteiger partial charge in [0, 0.05) is 30.9 Å². The van der Waals surface area contributed by atoms with E-state index in [4.69, 9.17) is 4.74 Å². The molecule has 2 fully saturated rings. The molecular weight excluding hydrogens is 332 g/mol. The molecule has 0 unspecified atom stereocenters. The number of aryl methyl sites for hydroxylation is 1. The Bertz CT molecular complexity index is 752. The number of fused-ring (bicyclic) bond motifs is 1.